The highest BCUT2D eigenvalue weighted by Gasteiger charge is 2.24. The molecule has 4 rings (SSSR count). The number of methoxy groups -OCH3 is 1. The normalized spacial score (nSPS) is 16.0. The molecule has 0 saturated heterocycles. The van der Waals surface area contributed by atoms with Crippen LogP contribution in [0.4, 0.5) is 0 Å². The molecule has 0 amide bonds. The SMILES string of the molecule is COc1nnc(CN2CCn3nc([C@H](O)c4ccnn4C)cc3C2)s1. The smallest absolute Gasteiger partial charge is 0.293 e. The van der Waals surface area contributed by atoms with Crippen molar-refractivity contribution in [1.82, 2.24) is 34.7 Å². The first-order valence-corrected chi connectivity index (χ1v) is 8.77. The van der Waals surface area contributed by atoms with Crippen LogP contribution in [-0.4, -0.2) is 53.4 Å². The summed E-state index contributed by atoms with van der Waals surface area (Å²) < 4.78 is 8.72. The monoisotopic (exact) mass is 361 g/mol. The Morgan fingerprint density at radius 3 is 2.96 bits per heavy atom. The van der Waals surface area contributed by atoms with E-state index in [2.05, 4.69) is 25.3 Å². The van der Waals surface area contributed by atoms with Crippen molar-refractivity contribution in [3.8, 4) is 5.19 Å². The van der Waals surface area contributed by atoms with Gasteiger partial charge in [-0.05, 0) is 12.1 Å². The molecule has 4 heterocycles. The van der Waals surface area contributed by atoms with Crippen LogP contribution in [0.1, 0.15) is 28.2 Å². The van der Waals surface area contributed by atoms with Gasteiger partial charge < -0.3 is 9.84 Å². The van der Waals surface area contributed by atoms with Gasteiger partial charge in [-0.1, -0.05) is 11.3 Å². The van der Waals surface area contributed by atoms with E-state index in [1.165, 1.54) is 11.3 Å². The van der Waals surface area contributed by atoms with Gasteiger partial charge in [-0.25, -0.2) is 0 Å². The van der Waals surface area contributed by atoms with Gasteiger partial charge in [0, 0.05) is 26.3 Å². The minimum atomic E-state index is -0.772. The molecule has 0 radical (unpaired) electrons. The zero-order valence-corrected chi connectivity index (χ0v) is 14.8. The fourth-order valence-electron chi connectivity index (χ4n) is 2.99. The van der Waals surface area contributed by atoms with Crippen molar-refractivity contribution in [3.63, 3.8) is 0 Å². The Bertz CT molecular complexity index is 871. The van der Waals surface area contributed by atoms with E-state index >= 15 is 0 Å². The number of nitrogens with zero attached hydrogens (tertiary/aromatic N) is 7. The first-order valence-electron chi connectivity index (χ1n) is 7.95. The molecule has 1 N–H and O–H groups in total. The second-order valence-electron chi connectivity index (χ2n) is 5.94. The van der Waals surface area contributed by atoms with Crippen molar-refractivity contribution in [2.24, 2.45) is 7.05 Å². The Hall–Kier alpha value is -2.30. The minimum Gasteiger partial charge on any atom is -0.472 e. The van der Waals surface area contributed by atoms with Crippen LogP contribution in [-0.2, 0) is 26.7 Å². The molecule has 0 bridgehead atoms. The lowest BCUT2D eigenvalue weighted by Crippen LogP contribution is -2.33. The van der Waals surface area contributed by atoms with Gasteiger partial charge in [0.05, 0.1) is 37.3 Å². The van der Waals surface area contributed by atoms with Crippen LogP contribution in [0.5, 0.6) is 5.19 Å². The summed E-state index contributed by atoms with van der Waals surface area (Å²) in [5.41, 5.74) is 2.46. The largest absolute Gasteiger partial charge is 0.472 e. The van der Waals surface area contributed by atoms with Crippen LogP contribution in [0.2, 0.25) is 0 Å². The van der Waals surface area contributed by atoms with E-state index in [0.29, 0.717) is 10.9 Å². The van der Waals surface area contributed by atoms with Gasteiger partial charge in [-0.3, -0.25) is 14.3 Å². The van der Waals surface area contributed by atoms with Crippen LogP contribution in [0, 0.1) is 0 Å². The van der Waals surface area contributed by atoms with Crippen molar-refractivity contribution in [2.45, 2.75) is 25.7 Å². The number of hydrogen-bond donors (Lipinski definition) is 1. The van der Waals surface area contributed by atoms with Gasteiger partial charge >= 0.3 is 0 Å². The number of fused-ring (bicyclic) bond motifs is 1. The van der Waals surface area contributed by atoms with Crippen LogP contribution in [0.25, 0.3) is 0 Å². The van der Waals surface area contributed by atoms with Gasteiger partial charge in [-0.2, -0.15) is 10.2 Å². The molecule has 1 atom stereocenters. The van der Waals surface area contributed by atoms with E-state index in [1.807, 2.05) is 17.8 Å². The molecule has 0 aliphatic carbocycles. The summed E-state index contributed by atoms with van der Waals surface area (Å²) in [7, 11) is 3.41. The zero-order valence-electron chi connectivity index (χ0n) is 14.0. The minimum absolute atomic E-state index is 0.582. The van der Waals surface area contributed by atoms with E-state index in [1.54, 1.807) is 24.1 Å². The number of aromatic nitrogens is 6. The number of aryl methyl sites for hydroxylation is 1. The Balaban J connectivity index is 1.48. The summed E-state index contributed by atoms with van der Waals surface area (Å²) in [6.45, 7) is 3.14. The first-order chi connectivity index (χ1) is 12.1. The Kier molecular flexibility index (Phi) is 4.24. The Morgan fingerprint density at radius 2 is 2.24 bits per heavy atom. The zero-order chi connectivity index (χ0) is 17.4. The number of rotatable bonds is 5. The number of aliphatic hydroxyl groups excluding tert-OH is 1. The highest BCUT2D eigenvalue weighted by atomic mass is 32.1. The van der Waals surface area contributed by atoms with Gasteiger partial charge in [0.15, 0.2) is 0 Å². The maximum Gasteiger partial charge on any atom is 0.293 e. The lowest BCUT2D eigenvalue weighted by atomic mass is 10.1. The van der Waals surface area contributed by atoms with Crippen molar-refractivity contribution >= 4 is 11.3 Å². The molecular weight excluding hydrogens is 342 g/mol. The highest BCUT2D eigenvalue weighted by Crippen LogP contribution is 2.25. The number of ether oxygens (including phenoxy) is 1. The highest BCUT2D eigenvalue weighted by molar-refractivity contribution is 7.13. The van der Waals surface area contributed by atoms with Crippen LogP contribution in [0.15, 0.2) is 18.3 Å². The summed E-state index contributed by atoms with van der Waals surface area (Å²) in [6, 6.07) is 3.77. The van der Waals surface area contributed by atoms with Crippen molar-refractivity contribution in [1.29, 1.82) is 0 Å². The molecule has 25 heavy (non-hydrogen) atoms. The van der Waals surface area contributed by atoms with Crippen molar-refractivity contribution in [3.05, 3.63) is 40.4 Å². The number of hydrogen-bond acceptors (Lipinski definition) is 8. The molecule has 0 spiro atoms. The summed E-state index contributed by atoms with van der Waals surface area (Å²) in [5.74, 6) is 0. The third kappa shape index (κ3) is 3.15. The molecule has 1 aliphatic rings. The molecule has 0 saturated carbocycles. The maximum atomic E-state index is 10.6. The predicted octanol–water partition coefficient (Wildman–Crippen LogP) is 0.574. The summed E-state index contributed by atoms with van der Waals surface area (Å²) in [4.78, 5) is 2.29. The summed E-state index contributed by atoms with van der Waals surface area (Å²) in [6.07, 6.45) is 0.901. The standard InChI is InChI=1S/C15H19N7O2S/c1-20-12(3-4-16-20)14(23)11-7-10-8-21(5-6-22(10)19-11)9-13-17-18-15(24-2)25-13/h3-4,7,14,23H,5-6,8-9H2,1-2H3/t14-/m0/s1. The maximum absolute atomic E-state index is 10.6. The van der Waals surface area contributed by atoms with E-state index in [9.17, 15) is 5.11 Å². The second kappa shape index (κ2) is 6.54. The average molecular weight is 361 g/mol. The second-order valence-corrected chi connectivity index (χ2v) is 6.97. The molecule has 0 fully saturated rings. The molecule has 132 valence electrons. The van der Waals surface area contributed by atoms with E-state index < -0.39 is 6.10 Å². The van der Waals surface area contributed by atoms with Gasteiger partial charge in [0.1, 0.15) is 11.1 Å². The average Bonchev–Trinajstić information content (AvgIpc) is 3.33. The molecule has 3 aromatic rings. The fraction of sp³-hybridized carbons (Fsp3) is 0.467. The van der Waals surface area contributed by atoms with Crippen LogP contribution in [0.3, 0.4) is 0 Å². The molecule has 3 aromatic heterocycles. The first kappa shape index (κ1) is 16.2. The third-order valence-electron chi connectivity index (χ3n) is 4.30. The quantitative estimate of drug-likeness (QED) is 0.710. The topological polar surface area (TPSA) is 94.1 Å². The summed E-state index contributed by atoms with van der Waals surface area (Å²) >= 11 is 1.46. The predicted molar refractivity (Wildman–Crippen MR) is 90.1 cm³/mol. The van der Waals surface area contributed by atoms with E-state index in [-0.39, 0.29) is 0 Å². The van der Waals surface area contributed by atoms with Crippen LogP contribution >= 0.6 is 11.3 Å². The summed E-state index contributed by atoms with van der Waals surface area (Å²) in [5, 5.41) is 28.9. The molecule has 0 unspecified atom stereocenters. The van der Waals surface area contributed by atoms with Crippen molar-refractivity contribution in [2.75, 3.05) is 13.7 Å². The Labute approximate surface area is 148 Å². The van der Waals surface area contributed by atoms with Crippen molar-refractivity contribution < 1.29 is 9.84 Å². The number of aliphatic hydroxyl groups is 1. The lowest BCUT2D eigenvalue weighted by Gasteiger charge is -2.26. The van der Waals surface area contributed by atoms with Gasteiger partial charge in [0.25, 0.3) is 5.19 Å². The van der Waals surface area contributed by atoms with Gasteiger partial charge in [-0.15, -0.1) is 10.2 Å². The van der Waals surface area contributed by atoms with Crippen LogP contribution < -0.4 is 4.74 Å². The van der Waals surface area contributed by atoms with Gasteiger partial charge in [0.2, 0.25) is 0 Å². The Morgan fingerprint density at radius 1 is 1.36 bits per heavy atom. The van der Waals surface area contributed by atoms with E-state index in [0.717, 1.165) is 42.6 Å². The lowest BCUT2D eigenvalue weighted by molar-refractivity contribution is 0.196. The molecule has 10 heteroatoms. The molecule has 0 aromatic carbocycles. The fourth-order valence-corrected chi connectivity index (χ4v) is 3.69. The third-order valence-corrected chi connectivity index (χ3v) is 5.17. The molecular formula is C15H19N7O2S. The van der Waals surface area contributed by atoms with E-state index in [4.69, 9.17) is 4.74 Å². The molecule has 1 aliphatic heterocycles. The molecule has 9 nitrogen and oxygen atoms in total.